The number of unbranched alkanes of at least 4 members (excludes halogenated alkanes) is 1. The van der Waals surface area contributed by atoms with Gasteiger partial charge in [0.2, 0.25) is 5.91 Å². The van der Waals surface area contributed by atoms with Crippen molar-refractivity contribution in [2.24, 2.45) is 0 Å². The second kappa shape index (κ2) is 6.75. The second-order valence-electron chi connectivity index (χ2n) is 4.76. The molecule has 0 aliphatic rings. The fourth-order valence-electron chi connectivity index (χ4n) is 1.92. The van der Waals surface area contributed by atoms with Crippen molar-refractivity contribution in [1.82, 2.24) is 15.1 Å². The predicted molar refractivity (Wildman–Crippen MR) is 80.0 cm³/mol. The zero-order valence-electron chi connectivity index (χ0n) is 11.7. The molecule has 20 heavy (non-hydrogen) atoms. The van der Waals surface area contributed by atoms with Crippen LogP contribution in [0.4, 0.5) is 5.69 Å². The first kappa shape index (κ1) is 14.1. The number of rotatable bonds is 6. The maximum atomic E-state index is 11.7. The molecule has 0 fully saturated rings. The van der Waals surface area contributed by atoms with E-state index in [-0.39, 0.29) is 12.5 Å². The van der Waals surface area contributed by atoms with Gasteiger partial charge in [-0.05, 0) is 24.1 Å². The molecule has 2 rings (SSSR count). The summed E-state index contributed by atoms with van der Waals surface area (Å²) >= 11 is 0. The van der Waals surface area contributed by atoms with Crippen LogP contribution in [-0.4, -0.2) is 22.2 Å². The lowest BCUT2D eigenvalue weighted by Crippen LogP contribution is -2.28. The molecule has 3 N–H and O–H groups in total. The Hall–Kier alpha value is -2.30. The summed E-state index contributed by atoms with van der Waals surface area (Å²) in [4.78, 5) is 11.7. The molecule has 1 aromatic heterocycles. The number of hydrogen-bond donors (Lipinski definition) is 2. The zero-order chi connectivity index (χ0) is 14.4. The van der Waals surface area contributed by atoms with Crippen LogP contribution in [0.2, 0.25) is 0 Å². The van der Waals surface area contributed by atoms with Crippen molar-refractivity contribution in [3.8, 4) is 11.1 Å². The molecule has 0 aliphatic carbocycles. The van der Waals surface area contributed by atoms with Gasteiger partial charge in [0, 0.05) is 24.0 Å². The monoisotopic (exact) mass is 272 g/mol. The average molecular weight is 272 g/mol. The van der Waals surface area contributed by atoms with Crippen molar-refractivity contribution in [2.75, 3.05) is 12.3 Å². The summed E-state index contributed by atoms with van der Waals surface area (Å²) in [5.41, 5.74) is 8.44. The van der Waals surface area contributed by atoms with Crippen molar-refractivity contribution in [1.29, 1.82) is 0 Å². The summed E-state index contributed by atoms with van der Waals surface area (Å²) in [5, 5.41) is 7.08. The van der Waals surface area contributed by atoms with Crippen LogP contribution in [0, 0.1) is 0 Å². The van der Waals surface area contributed by atoms with E-state index >= 15 is 0 Å². The minimum atomic E-state index is -0.0133. The molecule has 5 heteroatoms. The lowest BCUT2D eigenvalue weighted by Gasteiger charge is -2.04. The van der Waals surface area contributed by atoms with E-state index in [1.54, 1.807) is 10.9 Å². The van der Waals surface area contributed by atoms with Crippen molar-refractivity contribution in [2.45, 2.75) is 26.3 Å². The summed E-state index contributed by atoms with van der Waals surface area (Å²) in [6.07, 6.45) is 5.67. The highest BCUT2D eigenvalue weighted by Gasteiger charge is 2.05. The van der Waals surface area contributed by atoms with Crippen molar-refractivity contribution >= 4 is 11.6 Å². The average Bonchev–Trinajstić information content (AvgIpc) is 2.87. The normalized spacial score (nSPS) is 10.4. The Bertz CT molecular complexity index is 577. The Labute approximate surface area is 118 Å². The number of nitrogen functional groups attached to an aromatic ring is 1. The van der Waals surface area contributed by atoms with E-state index in [4.69, 9.17) is 5.73 Å². The molecule has 0 aliphatic heterocycles. The number of hydrogen-bond acceptors (Lipinski definition) is 3. The quantitative estimate of drug-likeness (QED) is 0.624. The molecule has 0 unspecified atom stereocenters. The first-order valence-electron chi connectivity index (χ1n) is 6.84. The van der Waals surface area contributed by atoms with Gasteiger partial charge < -0.3 is 11.1 Å². The largest absolute Gasteiger partial charge is 0.399 e. The third-order valence-electron chi connectivity index (χ3n) is 3.01. The Morgan fingerprint density at radius 2 is 2.25 bits per heavy atom. The molecular formula is C15H20N4O. The van der Waals surface area contributed by atoms with Gasteiger partial charge in [0.1, 0.15) is 6.54 Å². The van der Waals surface area contributed by atoms with Gasteiger partial charge in [-0.2, -0.15) is 5.10 Å². The van der Waals surface area contributed by atoms with Gasteiger partial charge in [-0.15, -0.1) is 0 Å². The van der Waals surface area contributed by atoms with Crippen LogP contribution in [0.1, 0.15) is 19.8 Å². The van der Waals surface area contributed by atoms with Gasteiger partial charge in [-0.3, -0.25) is 9.48 Å². The summed E-state index contributed by atoms with van der Waals surface area (Å²) in [7, 11) is 0. The topological polar surface area (TPSA) is 72.9 Å². The van der Waals surface area contributed by atoms with Gasteiger partial charge in [0.25, 0.3) is 0 Å². The maximum absolute atomic E-state index is 11.7. The Morgan fingerprint density at radius 1 is 1.40 bits per heavy atom. The highest BCUT2D eigenvalue weighted by atomic mass is 16.2. The van der Waals surface area contributed by atoms with Crippen LogP contribution in [0.3, 0.4) is 0 Å². The van der Waals surface area contributed by atoms with E-state index in [0.29, 0.717) is 5.69 Å². The molecule has 1 amide bonds. The summed E-state index contributed by atoms with van der Waals surface area (Å²) < 4.78 is 1.64. The molecule has 0 saturated carbocycles. The fraction of sp³-hybridized carbons (Fsp3) is 0.333. The molecule has 0 spiro atoms. The van der Waals surface area contributed by atoms with Crippen molar-refractivity contribution < 1.29 is 4.79 Å². The van der Waals surface area contributed by atoms with Crippen LogP contribution in [-0.2, 0) is 11.3 Å². The molecule has 1 heterocycles. The number of carbonyl (C=O) groups is 1. The van der Waals surface area contributed by atoms with Gasteiger partial charge in [0.05, 0.1) is 6.20 Å². The van der Waals surface area contributed by atoms with Crippen LogP contribution in [0.5, 0.6) is 0 Å². The molecule has 0 bridgehead atoms. The van der Waals surface area contributed by atoms with E-state index in [2.05, 4.69) is 17.3 Å². The van der Waals surface area contributed by atoms with Crippen LogP contribution in [0.15, 0.2) is 36.7 Å². The first-order chi connectivity index (χ1) is 9.69. The molecule has 0 saturated heterocycles. The van der Waals surface area contributed by atoms with Crippen molar-refractivity contribution in [3.63, 3.8) is 0 Å². The Morgan fingerprint density at radius 3 is 3.00 bits per heavy atom. The van der Waals surface area contributed by atoms with Crippen molar-refractivity contribution in [3.05, 3.63) is 36.7 Å². The van der Waals surface area contributed by atoms with Gasteiger partial charge >= 0.3 is 0 Å². The highest BCUT2D eigenvalue weighted by molar-refractivity contribution is 5.75. The molecular weight excluding hydrogens is 252 g/mol. The third-order valence-corrected chi connectivity index (χ3v) is 3.01. The SMILES string of the molecule is CCCCNC(=O)Cn1cc(-c2cccc(N)c2)cn1. The van der Waals surface area contributed by atoms with Gasteiger partial charge in [0.15, 0.2) is 0 Å². The van der Waals surface area contributed by atoms with Crippen LogP contribution in [0.25, 0.3) is 11.1 Å². The van der Waals surface area contributed by atoms with E-state index in [0.717, 1.165) is 30.5 Å². The molecule has 5 nitrogen and oxygen atoms in total. The molecule has 2 aromatic rings. The highest BCUT2D eigenvalue weighted by Crippen LogP contribution is 2.20. The predicted octanol–water partition coefficient (Wildman–Crippen LogP) is 2.05. The number of carbonyl (C=O) groups excluding carboxylic acids is 1. The smallest absolute Gasteiger partial charge is 0.241 e. The third kappa shape index (κ3) is 3.85. The fourth-order valence-corrected chi connectivity index (χ4v) is 1.92. The molecule has 0 atom stereocenters. The number of nitrogens with two attached hydrogens (primary N) is 1. The second-order valence-corrected chi connectivity index (χ2v) is 4.76. The number of anilines is 1. The number of amides is 1. The lowest BCUT2D eigenvalue weighted by molar-refractivity contribution is -0.121. The molecule has 106 valence electrons. The maximum Gasteiger partial charge on any atom is 0.241 e. The summed E-state index contributed by atoms with van der Waals surface area (Å²) in [6, 6.07) is 7.61. The van der Waals surface area contributed by atoms with E-state index < -0.39 is 0 Å². The first-order valence-corrected chi connectivity index (χ1v) is 6.84. The molecule has 1 aromatic carbocycles. The van der Waals surface area contributed by atoms with E-state index in [9.17, 15) is 4.79 Å². The number of nitrogens with zero attached hydrogens (tertiary/aromatic N) is 2. The van der Waals surface area contributed by atoms with E-state index in [1.165, 1.54) is 0 Å². The van der Waals surface area contributed by atoms with E-state index in [1.807, 2.05) is 30.5 Å². The summed E-state index contributed by atoms with van der Waals surface area (Å²) in [5.74, 6) is -0.0133. The standard InChI is InChI=1S/C15H20N4O/c1-2-3-7-17-15(20)11-19-10-13(9-18-19)12-5-4-6-14(16)8-12/h4-6,8-10H,2-3,7,11,16H2,1H3,(H,17,20). The van der Waals surface area contributed by atoms with Crippen LogP contribution >= 0.6 is 0 Å². The Balaban J connectivity index is 1.97. The summed E-state index contributed by atoms with van der Waals surface area (Å²) in [6.45, 7) is 3.06. The number of nitrogens with one attached hydrogen (secondary N) is 1. The number of aromatic nitrogens is 2. The van der Waals surface area contributed by atoms with Crippen LogP contribution < -0.4 is 11.1 Å². The Kier molecular flexibility index (Phi) is 4.76. The zero-order valence-corrected chi connectivity index (χ0v) is 11.7. The lowest BCUT2D eigenvalue weighted by atomic mass is 10.1. The molecule has 0 radical (unpaired) electrons. The minimum absolute atomic E-state index is 0.0133. The number of benzene rings is 1. The minimum Gasteiger partial charge on any atom is -0.399 e. The van der Waals surface area contributed by atoms with Gasteiger partial charge in [-0.1, -0.05) is 25.5 Å². The van der Waals surface area contributed by atoms with Gasteiger partial charge in [-0.25, -0.2) is 0 Å².